The molecule has 3 nitrogen and oxygen atoms in total. The molecule has 0 fully saturated rings. The molecule has 1 aromatic rings. The maximum absolute atomic E-state index is 11.9. The Bertz CT molecular complexity index is 290. The molecule has 0 aliphatic rings. The highest BCUT2D eigenvalue weighted by Gasteiger charge is 2.19. The van der Waals surface area contributed by atoms with Gasteiger partial charge in [0.1, 0.15) is 0 Å². The van der Waals surface area contributed by atoms with Crippen LogP contribution in [0.2, 0.25) is 0 Å². The summed E-state index contributed by atoms with van der Waals surface area (Å²) in [5, 5.41) is 0. The van der Waals surface area contributed by atoms with Crippen molar-refractivity contribution in [2.24, 2.45) is 0 Å². The molecule has 96 valence electrons. The largest absolute Gasteiger partial charge is 0.346 e. The Morgan fingerprint density at radius 1 is 1.06 bits per heavy atom. The summed E-state index contributed by atoms with van der Waals surface area (Å²) >= 11 is 0. The highest BCUT2D eigenvalue weighted by Crippen LogP contribution is 2.07. The number of Topliss-reactive ketones (excluding diaryl/α,β-unsaturated/α-hetero) is 1. The van der Waals surface area contributed by atoms with E-state index in [0.717, 1.165) is 0 Å². The van der Waals surface area contributed by atoms with Crippen LogP contribution in [-0.2, 0) is 9.47 Å². The van der Waals surface area contributed by atoms with Crippen molar-refractivity contribution >= 4 is 5.78 Å². The van der Waals surface area contributed by atoms with Crippen molar-refractivity contribution in [2.75, 3.05) is 13.2 Å². The molecule has 1 aromatic carbocycles. The highest BCUT2D eigenvalue weighted by atomic mass is 16.7. The quantitative estimate of drug-likeness (QED) is 0.563. The predicted molar refractivity (Wildman–Crippen MR) is 69.2 cm³/mol. The van der Waals surface area contributed by atoms with Gasteiger partial charge in [0, 0.05) is 18.8 Å². The van der Waals surface area contributed by atoms with E-state index in [1.165, 1.54) is 0 Å². The zero-order valence-electron chi connectivity index (χ0n) is 11.1. The van der Waals surface area contributed by atoms with Crippen molar-refractivity contribution < 1.29 is 14.3 Å². The fraction of sp³-hybridized carbons (Fsp3) is 0.500. The van der Waals surface area contributed by atoms with Crippen LogP contribution in [0, 0.1) is 0 Å². The van der Waals surface area contributed by atoms with Gasteiger partial charge in [-0.25, -0.2) is 0 Å². The lowest BCUT2D eigenvalue weighted by atomic mass is 10.1. The molecular formula is C14H22O3. The van der Waals surface area contributed by atoms with Gasteiger partial charge < -0.3 is 9.47 Å². The van der Waals surface area contributed by atoms with Crippen LogP contribution in [0.25, 0.3) is 0 Å². The first-order valence-corrected chi connectivity index (χ1v) is 6.12. The molecule has 0 aliphatic heterocycles. The second kappa shape index (κ2) is 10.00. The lowest BCUT2D eigenvalue weighted by Gasteiger charge is -2.15. The second-order valence-corrected chi connectivity index (χ2v) is 2.97. The number of ketones is 1. The summed E-state index contributed by atoms with van der Waals surface area (Å²) in [5.74, 6) is -0.126. The number of carbonyl (C=O) groups is 1. The zero-order valence-corrected chi connectivity index (χ0v) is 11.1. The van der Waals surface area contributed by atoms with Crippen LogP contribution in [0.3, 0.4) is 0 Å². The van der Waals surface area contributed by atoms with Crippen LogP contribution >= 0.6 is 0 Å². The Morgan fingerprint density at radius 3 is 1.94 bits per heavy atom. The molecule has 0 saturated carbocycles. The molecule has 0 atom stereocenters. The molecule has 0 aromatic heterocycles. The fourth-order valence-electron chi connectivity index (χ4n) is 1.24. The van der Waals surface area contributed by atoms with Gasteiger partial charge in [-0.3, -0.25) is 4.79 Å². The maximum atomic E-state index is 11.9. The van der Waals surface area contributed by atoms with E-state index in [1.807, 2.05) is 45.9 Å². The number of hydrogen-bond donors (Lipinski definition) is 0. The molecule has 0 amide bonds. The summed E-state index contributed by atoms with van der Waals surface area (Å²) in [7, 11) is 0. The topological polar surface area (TPSA) is 35.5 Å². The second-order valence-electron chi connectivity index (χ2n) is 2.97. The minimum atomic E-state index is -0.776. The minimum Gasteiger partial charge on any atom is -0.346 e. The summed E-state index contributed by atoms with van der Waals surface area (Å²) in [5.41, 5.74) is 0.615. The Kier molecular flexibility index (Phi) is 9.30. The third kappa shape index (κ3) is 5.61. The maximum Gasteiger partial charge on any atom is 0.222 e. The van der Waals surface area contributed by atoms with Crippen LogP contribution in [0.15, 0.2) is 30.3 Å². The third-order valence-corrected chi connectivity index (χ3v) is 1.91. The lowest BCUT2D eigenvalue weighted by molar-refractivity contribution is -0.107. The van der Waals surface area contributed by atoms with Gasteiger partial charge in [-0.15, -0.1) is 0 Å². The zero-order chi connectivity index (χ0) is 13.1. The van der Waals surface area contributed by atoms with E-state index in [4.69, 9.17) is 9.47 Å². The van der Waals surface area contributed by atoms with Crippen molar-refractivity contribution in [1.29, 1.82) is 0 Å². The third-order valence-electron chi connectivity index (χ3n) is 1.91. The van der Waals surface area contributed by atoms with Gasteiger partial charge in [0.15, 0.2) is 0 Å². The first-order valence-electron chi connectivity index (χ1n) is 6.12. The van der Waals surface area contributed by atoms with E-state index in [2.05, 4.69) is 0 Å². The van der Waals surface area contributed by atoms with E-state index < -0.39 is 6.29 Å². The van der Waals surface area contributed by atoms with Crippen LogP contribution < -0.4 is 0 Å². The monoisotopic (exact) mass is 238 g/mol. The number of ether oxygens (including phenoxy) is 2. The van der Waals surface area contributed by atoms with Crippen molar-refractivity contribution in [3.05, 3.63) is 35.9 Å². The van der Waals surface area contributed by atoms with Gasteiger partial charge in [-0.2, -0.15) is 0 Å². The first-order chi connectivity index (χ1) is 8.29. The number of rotatable bonds is 6. The number of hydrogen-bond acceptors (Lipinski definition) is 3. The van der Waals surface area contributed by atoms with Gasteiger partial charge in [0.25, 0.3) is 0 Å². The number of benzene rings is 1. The summed E-state index contributed by atoms with van der Waals surface area (Å²) in [6, 6.07) is 9.03. The van der Waals surface area contributed by atoms with Crippen LogP contribution in [-0.4, -0.2) is 25.3 Å². The summed E-state index contributed by atoms with van der Waals surface area (Å²) < 4.78 is 10.5. The Hall–Kier alpha value is -1.19. The molecule has 0 saturated heterocycles. The molecule has 0 N–H and O–H groups in total. The lowest BCUT2D eigenvalue weighted by Crippen LogP contribution is -2.27. The summed E-state index contributed by atoms with van der Waals surface area (Å²) in [4.78, 5) is 11.9. The molecule has 0 heterocycles. The van der Waals surface area contributed by atoms with E-state index in [-0.39, 0.29) is 5.78 Å². The van der Waals surface area contributed by atoms with Crippen molar-refractivity contribution in [3.8, 4) is 0 Å². The van der Waals surface area contributed by atoms with E-state index >= 15 is 0 Å². The van der Waals surface area contributed by atoms with Crippen molar-refractivity contribution in [2.45, 2.75) is 34.0 Å². The molecule has 0 aliphatic carbocycles. The Morgan fingerprint density at radius 2 is 1.53 bits per heavy atom. The van der Waals surface area contributed by atoms with Crippen LogP contribution in [0.4, 0.5) is 0 Å². The molecule has 0 spiro atoms. The Balaban J connectivity index is 0.00000121. The molecule has 0 bridgehead atoms. The Labute approximate surface area is 104 Å². The normalized spacial score (nSPS) is 9.71. The fourth-order valence-corrected chi connectivity index (χ4v) is 1.24. The van der Waals surface area contributed by atoms with Crippen LogP contribution in [0.5, 0.6) is 0 Å². The average molecular weight is 238 g/mol. The smallest absolute Gasteiger partial charge is 0.222 e. The van der Waals surface area contributed by atoms with Gasteiger partial charge >= 0.3 is 0 Å². The molecular weight excluding hydrogens is 216 g/mol. The van der Waals surface area contributed by atoms with Crippen molar-refractivity contribution in [1.82, 2.24) is 0 Å². The van der Waals surface area contributed by atoms with Gasteiger partial charge in [0.05, 0.1) is 0 Å². The minimum absolute atomic E-state index is 0.126. The summed E-state index contributed by atoms with van der Waals surface area (Å²) in [6.45, 7) is 8.60. The SMILES string of the molecule is CC.CCOC(OCC)C(=O)c1ccccc1. The van der Waals surface area contributed by atoms with E-state index in [1.54, 1.807) is 12.1 Å². The molecule has 3 heteroatoms. The number of carbonyl (C=O) groups excluding carboxylic acids is 1. The molecule has 17 heavy (non-hydrogen) atoms. The average Bonchev–Trinajstić information content (AvgIpc) is 2.41. The summed E-state index contributed by atoms with van der Waals surface area (Å²) in [6.07, 6.45) is -0.776. The standard InChI is InChI=1S/C12H16O3.C2H6/c1-3-14-12(15-4-2)11(13)10-8-6-5-7-9-10;1-2/h5-9,12H,3-4H2,1-2H3;1-2H3. The van der Waals surface area contributed by atoms with Crippen molar-refractivity contribution in [3.63, 3.8) is 0 Å². The first kappa shape index (κ1) is 15.8. The molecule has 0 unspecified atom stereocenters. The van der Waals surface area contributed by atoms with Gasteiger partial charge in [-0.05, 0) is 13.8 Å². The highest BCUT2D eigenvalue weighted by molar-refractivity contribution is 5.98. The van der Waals surface area contributed by atoms with Crippen LogP contribution in [0.1, 0.15) is 38.1 Å². The van der Waals surface area contributed by atoms with E-state index in [9.17, 15) is 4.79 Å². The predicted octanol–water partition coefficient (Wildman–Crippen LogP) is 3.29. The van der Waals surface area contributed by atoms with Gasteiger partial charge in [-0.1, -0.05) is 44.2 Å². The van der Waals surface area contributed by atoms with Gasteiger partial charge in [0.2, 0.25) is 12.1 Å². The molecule has 1 rings (SSSR count). The van der Waals surface area contributed by atoms with E-state index in [0.29, 0.717) is 18.8 Å². The molecule has 0 radical (unpaired) electrons.